The number of guanidine groups is 1. The van der Waals surface area contributed by atoms with E-state index in [0.29, 0.717) is 18.3 Å². The molecular formula is C21H34IN5O2. The standard InChI is InChI=1S/C21H33N5O2.HI/c1-3-22-21(23-14-17-10-7-11-19(24-17)28-2)25-18-12-13-26(15-18)20(27)16-8-5-4-6-9-16;/h7,10-11,16,18H,3-6,8-9,12-15H2,1-2H3,(H2,22,23,25);1H. The van der Waals surface area contributed by atoms with Crippen LogP contribution in [0.4, 0.5) is 0 Å². The molecule has 1 saturated heterocycles. The molecule has 2 N–H and O–H groups in total. The summed E-state index contributed by atoms with van der Waals surface area (Å²) in [7, 11) is 1.61. The summed E-state index contributed by atoms with van der Waals surface area (Å²) in [6, 6.07) is 5.93. The quantitative estimate of drug-likeness (QED) is 0.346. The lowest BCUT2D eigenvalue weighted by Crippen LogP contribution is -2.45. The highest BCUT2D eigenvalue weighted by molar-refractivity contribution is 14.0. The van der Waals surface area contributed by atoms with Crippen LogP contribution in [0.2, 0.25) is 0 Å². The number of aliphatic imine (C=N–C) groups is 1. The molecule has 2 aliphatic rings. The van der Waals surface area contributed by atoms with E-state index in [1.54, 1.807) is 7.11 Å². The van der Waals surface area contributed by atoms with Crippen molar-refractivity contribution in [2.45, 2.75) is 58.0 Å². The maximum atomic E-state index is 12.8. The summed E-state index contributed by atoms with van der Waals surface area (Å²) in [5.74, 6) is 1.96. The van der Waals surface area contributed by atoms with Gasteiger partial charge in [-0.05, 0) is 32.3 Å². The summed E-state index contributed by atoms with van der Waals surface area (Å²) in [6.07, 6.45) is 6.75. The van der Waals surface area contributed by atoms with Crippen LogP contribution in [-0.4, -0.2) is 54.5 Å². The zero-order valence-corrected chi connectivity index (χ0v) is 19.9. The van der Waals surface area contributed by atoms with Crippen molar-refractivity contribution in [1.29, 1.82) is 0 Å². The van der Waals surface area contributed by atoms with Crippen LogP contribution in [0.15, 0.2) is 23.2 Å². The number of hydrogen-bond acceptors (Lipinski definition) is 4. The van der Waals surface area contributed by atoms with Gasteiger partial charge in [-0.3, -0.25) is 4.79 Å². The highest BCUT2D eigenvalue weighted by atomic mass is 127. The van der Waals surface area contributed by atoms with Crippen molar-refractivity contribution in [1.82, 2.24) is 20.5 Å². The molecule has 1 unspecified atom stereocenters. The molecule has 1 aliphatic carbocycles. The summed E-state index contributed by atoms with van der Waals surface area (Å²) in [4.78, 5) is 23.9. The van der Waals surface area contributed by atoms with E-state index in [9.17, 15) is 4.79 Å². The van der Waals surface area contributed by atoms with Crippen LogP contribution in [0, 0.1) is 5.92 Å². The molecule has 0 spiro atoms. The zero-order chi connectivity index (χ0) is 19.8. The lowest BCUT2D eigenvalue weighted by Gasteiger charge is -2.26. The van der Waals surface area contributed by atoms with E-state index in [0.717, 1.165) is 50.6 Å². The number of nitrogens with zero attached hydrogens (tertiary/aromatic N) is 3. The molecule has 2 heterocycles. The van der Waals surface area contributed by atoms with Gasteiger partial charge in [-0.2, -0.15) is 0 Å². The molecule has 0 radical (unpaired) electrons. The Balaban J connectivity index is 0.00000300. The van der Waals surface area contributed by atoms with E-state index in [1.807, 2.05) is 23.1 Å². The van der Waals surface area contributed by atoms with E-state index in [2.05, 4.69) is 27.5 Å². The van der Waals surface area contributed by atoms with Crippen LogP contribution in [0.3, 0.4) is 0 Å². The molecule has 1 atom stereocenters. The van der Waals surface area contributed by atoms with Crippen LogP contribution >= 0.6 is 24.0 Å². The first-order valence-corrected chi connectivity index (χ1v) is 10.5. The number of carbonyl (C=O) groups is 1. The molecule has 7 nitrogen and oxygen atoms in total. The number of halogens is 1. The van der Waals surface area contributed by atoms with Crippen LogP contribution < -0.4 is 15.4 Å². The molecular weight excluding hydrogens is 481 g/mol. The van der Waals surface area contributed by atoms with Crippen molar-refractivity contribution >= 4 is 35.8 Å². The number of carbonyl (C=O) groups excluding carboxylic acids is 1. The summed E-state index contributed by atoms with van der Waals surface area (Å²) in [5.41, 5.74) is 0.858. The molecule has 1 saturated carbocycles. The van der Waals surface area contributed by atoms with Gasteiger partial charge in [-0.25, -0.2) is 9.98 Å². The molecule has 1 aromatic heterocycles. The Bertz CT molecular complexity index is 679. The fraction of sp³-hybridized carbons (Fsp3) is 0.667. The number of amides is 1. The lowest BCUT2D eigenvalue weighted by molar-refractivity contribution is -0.135. The maximum Gasteiger partial charge on any atom is 0.225 e. The first kappa shape index (κ1) is 23.7. The summed E-state index contributed by atoms with van der Waals surface area (Å²) in [6.45, 7) is 4.91. The highest BCUT2D eigenvalue weighted by Gasteiger charge is 2.31. The fourth-order valence-electron chi connectivity index (χ4n) is 4.02. The molecule has 2 fully saturated rings. The van der Waals surface area contributed by atoms with Gasteiger partial charge in [-0.1, -0.05) is 25.3 Å². The lowest BCUT2D eigenvalue weighted by atomic mass is 9.88. The number of nitrogens with one attached hydrogen (secondary N) is 2. The average molecular weight is 515 g/mol. The van der Waals surface area contributed by atoms with Crippen molar-refractivity contribution < 1.29 is 9.53 Å². The Labute approximate surface area is 191 Å². The number of pyridine rings is 1. The average Bonchev–Trinajstić information content (AvgIpc) is 3.21. The SMILES string of the molecule is CCNC(=NCc1cccc(OC)n1)NC1CCN(C(=O)C2CCCCC2)C1.I. The summed E-state index contributed by atoms with van der Waals surface area (Å²) < 4.78 is 5.17. The number of rotatable bonds is 6. The third-order valence-electron chi connectivity index (χ3n) is 5.53. The molecule has 3 rings (SSSR count). The van der Waals surface area contributed by atoms with Gasteiger partial charge in [0.2, 0.25) is 11.8 Å². The Morgan fingerprint density at radius 3 is 2.79 bits per heavy atom. The van der Waals surface area contributed by atoms with Gasteiger partial charge in [0.15, 0.2) is 5.96 Å². The van der Waals surface area contributed by atoms with Crippen molar-refractivity contribution in [3.05, 3.63) is 23.9 Å². The van der Waals surface area contributed by atoms with Gasteiger partial charge in [0, 0.05) is 37.7 Å². The number of aromatic nitrogens is 1. The molecule has 1 aliphatic heterocycles. The largest absolute Gasteiger partial charge is 0.481 e. The predicted molar refractivity (Wildman–Crippen MR) is 126 cm³/mol. The zero-order valence-electron chi connectivity index (χ0n) is 17.5. The number of ether oxygens (including phenoxy) is 1. The molecule has 8 heteroatoms. The van der Waals surface area contributed by atoms with E-state index in [-0.39, 0.29) is 35.9 Å². The minimum atomic E-state index is 0. The van der Waals surface area contributed by atoms with E-state index in [1.165, 1.54) is 19.3 Å². The van der Waals surface area contributed by atoms with Gasteiger partial charge >= 0.3 is 0 Å². The Hall–Kier alpha value is -1.58. The maximum absolute atomic E-state index is 12.8. The first-order chi connectivity index (χ1) is 13.7. The molecule has 162 valence electrons. The van der Waals surface area contributed by atoms with Crippen LogP contribution in [-0.2, 0) is 11.3 Å². The molecule has 0 bridgehead atoms. The third kappa shape index (κ3) is 7.01. The second-order valence-corrected chi connectivity index (χ2v) is 7.62. The number of methoxy groups -OCH3 is 1. The number of hydrogen-bond donors (Lipinski definition) is 2. The second kappa shape index (κ2) is 12.2. The van der Waals surface area contributed by atoms with Gasteiger partial charge in [-0.15, -0.1) is 24.0 Å². The van der Waals surface area contributed by atoms with E-state index < -0.39 is 0 Å². The van der Waals surface area contributed by atoms with Crippen molar-refractivity contribution in [3.8, 4) is 5.88 Å². The van der Waals surface area contributed by atoms with Crippen molar-refractivity contribution in [3.63, 3.8) is 0 Å². The van der Waals surface area contributed by atoms with Crippen LogP contribution in [0.5, 0.6) is 5.88 Å². The van der Waals surface area contributed by atoms with E-state index in [4.69, 9.17) is 4.74 Å². The highest BCUT2D eigenvalue weighted by Crippen LogP contribution is 2.26. The van der Waals surface area contributed by atoms with Gasteiger partial charge in [0.1, 0.15) is 0 Å². The first-order valence-electron chi connectivity index (χ1n) is 10.5. The minimum absolute atomic E-state index is 0. The topological polar surface area (TPSA) is 78.9 Å². The molecule has 1 aromatic rings. The van der Waals surface area contributed by atoms with Gasteiger partial charge < -0.3 is 20.3 Å². The van der Waals surface area contributed by atoms with E-state index >= 15 is 0 Å². The van der Waals surface area contributed by atoms with Crippen molar-refractivity contribution in [2.75, 3.05) is 26.7 Å². The smallest absolute Gasteiger partial charge is 0.225 e. The number of likely N-dealkylation sites (tertiary alicyclic amines) is 1. The normalized spacial score (nSPS) is 20.1. The minimum Gasteiger partial charge on any atom is -0.481 e. The summed E-state index contributed by atoms with van der Waals surface area (Å²) >= 11 is 0. The summed E-state index contributed by atoms with van der Waals surface area (Å²) in [5, 5.41) is 6.78. The second-order valence-electron chi connectivity index (χ2n) is 7.62. The molecule has 29 heavy (non-hydrogen) atoms. The fourth-order valence-corrected chi connectivity index (χ4v) is 4.02. The van der Waals surface area contributed by atoms with Gasteiger partial charge in [0.25, 0.3) is 0 Å². The Kier molecular flexibility index (Phi) is 9.96. The van der Waals surface area contributed by atoms with Gasteiger partial charge in [0.05, 0.1) is 19.3 Å². The molecule has 1 amide bonds. The Morgan fingerprint density at radius 2 is 2.07 bits per heavy atom. The third-order valence-corrected chi connectivity index (χ3v) is 5.53. The van der Waals surface area contributed by atoms with Crippen LogP contribution in [0.25, 0.3) is 0 Å². The Morgan fingerprint density at radius 1 is 1.28 bits per heavy atom. The monoisotopic (exact) mass is 515 g/mol. The van der Waals surface area contributed by atoms with Crippen molar-refractivity contribution in [2.24, 2.45) is 10.9 Å². The molecule has 0 aromatic carbocycles. The van der Waals surface area contributed by atoms with Crippen LogP contribution in [0.1, 0.15) is 51.1 Å². The predicted octanol–water partition coefficient (Wildman–Crippen LogP) is 2.94.